The molecule has 2 rings (SSSR count). The first-order valence-corrected chi connectivity index (χ1v) is 8.40. The molecular weight excluding hydrogens is 270 g/mol. The minimum absolute atomic E-state index is 0.0347. The van der Waals surface area contributed by atoms with Gasteiger partial charge in [-0.15, -0.1) is 11.8 Å². The molecule has 20 heavy (non-hydrogen) atoms. The summed E-state index contributed by atoms with van der Waals surface area (Å²) in [5, 5.41) is 0.0347. The Bertz CT molecular complexity index is 404. The second-order valence-corrected chi connectivity index (χ2v) is 6.51. The van der Waals surface area contributed by atoms with Crippen LogP contribution in [0.25, 0.3) is 0 Å². The molecule has 1 aliphatic heterocycles. The Morgan fingerprint density at radius 1 is 1.25 bits per heavy atom. The van der Waals surface area contributed by atoms with Crippen LogP contribution in [0.4, 0.5) is 0 Å². The molecule has 1 atom stereocenters. The van der Waals surface area contributed by atoms with E-state index in [-0.39, 0.29) is 11.2 Å². The van der Waals surface area contributed by atoms with Gasteiger partial charge >= 0.3 is 0 Å². The van der Waals surface area contributed by atoms with Crippen LogP contribution < -0.4 is 4.74 Å². The first-order valence-electron chi connectivity index (χ1n) is 7.35. The number of likely N-dealkylation sites (tertiary alicyclic amines) is 1. The van der Waals surface area contributed by atoms with Gasteiger partial charge in [0.1, 0.15) is 5.75 Å². The fourth-order valence-electron chi connectivity index (χ4n) is 2.34. The average molecular weight is 293 g/mol. The van der Waals surface area contributed by atoms with E-state index in [4.69, 9.17) is 4.74 Å². The molecule has 0 radical (unpaired) electrons. The fourth-order valence-corrected chi connectivity index (χ4v) is 3.17. The number of para-hydroxylation sites is 1. The van der Waals surface area contributed by atoms with Crippen LogP contribution in [0.1, 0.15) is 26.2 Å². The van der Waals surface area contributed by atoms with Crippen LogP contribution in [0, 0.1) is 0 Å². The predicted molar refractivity (Wildman–Crippen MR) is 84.3 cm³/mol. The van der Waals surface area contributed by atoms with E-state index in [0.29, 0.717) is 6.61 Å². The number of nitrogens with zero attached hydrogens (tertiary/aromatic N) is 1. The smallest absolute Gasteiger partial charge is 0.235 e. The van der Waals surface area contributed by atoms with Gasteiger partial charge in [-0.1, -0.05) is 18.2 Å². The maximum Gasteiger partial charge on any atom is 0.235 e. The summed E-state index contributed by atoms with van der Waals surface area (Å²) >= 11 is 1.68. The Labute approximate surface area is 125 Å². The lowest BCUT2D eigenvalue weighted by atomic mass is 10.1. The maximum atomic E-state index is 12.2. The molecule has 1 aliphatic rings. The van der Waals surface area contributed by atoms with Crippen LogP contribution in [0.3, 0.4) is 0 Å². The van der Waals surface area contributed by atoms with Crippen LogP contribution in [0.2, 0.25) is 0 Å². The number of benzene rings is 1. The van der Waals surface area contributed by atoms with E-state index in [0.717, 1.165) is 37.4 Å². The zero-order chi connectivity index (χ0) is 14.2. The second-order valence-electron chi connectivity index (χ2n) is 5.06. The van der Waals surface area contributed by atoms with Crippen LogP contribution in [0.15, 0.2) is 30.3 Å². The van der Waals surface area contributed by atoms with Gasteiger partial charge in [0.25, 0.3) is 0 Å². The zero-order valence-electron chi connectivity index (χ0n) is 12.1. The third kappa shape index (κ3) is 4.75. The summed E-state index contributed by atoms with van der Waals surface area (Å²) < 4.78 is 5.64. The molecule has 1 heterocycles. The molecule has 1 unspecified atom stereocenters. The summed E-state index contributed by atoms with van der Waals surface area (Å²) in [5.41, 5.74) is 0. The number of hydrogen-bond donors (Lipinski definition) is 0. The third-order valence-electron chi connectivity index (χ3n) is 3.48. The molecular formula is C16H23NO2S. The average Bonchev–Trinajstić information content (AvgIpc) is 2.52. The lowest BCUT2D eigenvalue weighted by molar-refractivity contribution is -0.131. The molecule has 0 aromatic heterocycles. The zero-order valence-corrected chi connectivity index (χ0v) is 12.9. The van der Waals surface area contributed by atoms with Gasteiger partial charge in [-0.25, -0.2) is 0 Å². The molecule has 0 N–H and O–H groups in total. The standard InChI is InChI=1S/C16H23NO2S/c1-14(16(18)17-10-6-3-7-11-17)20-13-12-19-15-8-4-2-5-9-15/h2,4-5,8-9,14H,3,6-7,10-13H2,1H3. The summed E-state index contributed by atoms with van der Waals surface area (Å²) in [6.45, 7) is 4.52. The van der Waals surface area contributed by atoms with E-state index in [1.165, 1.54) is 6.42 Å². The minimum atomic E-state index is 0.0347. The Kier molecular flexibility index (Phi) is 6.25. The van der Waals surface area contributed by atoms with Gasteiger partial charge in [-0.05, 0) is 38.3 Å². The van der Waals surface area contributed by atoms with E-state index in [9.17, 15) is 4.79 Å². The highest BCUT2D eigenvalue weighted by molar-refractivity contribution is 8.00. The van der Waals surface area contributed by atoms with E-state index >= 15 is 0 Å². The predicted octanol–water partition coefficient (Wildman–Crippen LogP) is 3.20. The minimum Gasteiger partial charge on any atom is -0.493 e. The highest BCUT2D eigenvalue weighted by atomic mass is 32.2. The lowest BCUT2D eigenvalue weighted by Gasteiger charge is -2.29. The molecule has 1 amide bonds. The van der Waals surface area contributed by atoms with Crippen LogP contribution in [-0.4, -0.2) is 41.5 Å². The first kappa shape index (κ1) is 15.2. The van der Waals surface area contributed by atoms with Gasteiger partial charge < -0.3 is 9.64 Å². The highest BCUT2D eigenvalue weighted by Gasteiger charge is 2.22. The van der Waals surface area contributed by atoms with Gasteiger partial charge in [-0.3, -0.25) is 4.79 Å². The van der Waals surface area contributed by atoms with Gasteiger partial charge in [-0.2, -0.15) is 0 Å². The number of rotatable bonds is 6. The van der Waals surface area contributed by atoms with Crippen LogP contribution >= 0.6 is 11.8 Å². The quantitative estimate of drug-likeness (QED) is 0.754. The van der Waals surface area contributed by atoms with Crippen molar-refractivity contribution in [1.29, 1.82) is 0 Å². The van der Waals surface area contributed by atoms with Crippen molar-refractivity contribution in [1.82, 2.24) is 4.90 Å². The molecule has 3 nitrogen and oxygen atoms in total. The summed E-state index contributed by atoms with van der Waals surface area (Å²) in [4.78, 5) is 14.2. The summed E-state index contributed by atoms with van der Waals surface area (Å²) in [7, 11) is 0. The van der Waals surface area contributed by atoms with E-state index in [1.54, 1.807) is 11.8 Å². The summed E-state index contributed by atoms with van der Waals surface area (Å²) in [6.07, 6.45) is 3.57. The summed E-state index contributed by atoms with van der Waals surface area (Å²) in [5.74, 6) is 2.02. The molecule has 0 spiro atoms. The van der Waals surface area contributed by atoms with Crippen molar-refractivity contribution >= 4 is 17.7 Å². The molecule has 1 aromatic rings. The molecule has 1 saturated heterocycles. The normalized spacial score (nSPS) is 16.8. The SMILES string of the molecule is CC(SCCOc1ccccc1)C(=O)N1CCCCC1. The van der Waals surface area contributed by atoms with Gasteiger partial charge in [0.2, 0.25) is 5.91 Å². The van der Waals surface area contributed by atoms with Crippen molar-refractivity contribution in [3.8, 4) is 5.75 Å². The van der Waals surface area contributed by atoms with Crippen molar-refractivity contribution in [3.63, 3.8) is 0 Å². The maximum absolute atomic E-state index is 12.2. The second kappa shape index (κ2) is 8.20. The monoisotopic (exact) mass is 293 g/mol. The Hall–Kier alpha value is -1.16. The number of piperidine rings is 1. The number of ether oxygens (including phenoxy) is 1. The van der Waals surface area contributed by atoms with Crippen LogP contribution in [0.5, 0.6) is 5.75 Å². The summed E-state index contributed by atoms with van der Waals surface area (Å²) in [6, 6.07) is 9.80. The number of carbonyl (C=O) groups is 1. The van der Waals surface area contributed by atoms with Crippen LogP contribution in [-0.2, 0) is 4.79 Å². The lowest BCUT2D eigenvalue weighted by Crippen LogP contribution is -2.40. The highest BCUT2D eigenvalue weighted by Crippen LogP contribution is 2.17. The Morgan fingerprint density at radius 2 is 1.95 bits per heavy atom. The van der Waals surface area contributed by atoms with Gasteiger partial charge in [0.15, 0.2) is 0 Å². The Balaban J connectivity index is 1.64. The van der Waals surface area contributed by atoms with E-state index < -0.39 is 0 Å². The van der Waals surface area contributed by atoms with Crippen molar-refractivity contribution in [2.45, 2.75) is 31.4 Å². The Morgan fingerprint density at radius 3 is 2.65 bits per heavy atom. The van der Waals surface area contributed by atoms with Crippen molar-refractivity contribution in [2.75, 3.05) is 25.4 Å². The van der Waals surface area contributed by atoms with Gasteiger partial charge in [0.05, 0.1) is 11.9 Å². The molecule has 0 saturated carbocycles. The van der Waals surface area contributed by atoms with Crippen molar-refractivity contribution < 1.29 is 9.53 Å². The number of thioether (sulfide) groups is 1. The van der Waals surface area contributed by atoms with Crippen molar-refractivity contribution in [2.24, 2.45) is 0 Å². The number of amides is 1. The van der Waals surface area contributed by atoms with E-state index in [1.807, 2.05) is 42.2 Å². The van der Waals surface area contributed by atoms with Gasteiger partial charge in [0, 0.05) is 18.8 Å². The molecule has 110 valence electrons. The largest absolute Gasteiger partial charge is 0.493 e. The first-order chi connectivity index (χ1) is 9.77. The molecule has 0 aliphatic carbocycles. The molecule has 1 fully saturated rings. The molecule has 0 bridgehead atoms. The third-order valence-corrected chi connectivity index (χ3v) is 4.58. The molecule has 4 heteroatoms. The topological polar surface area (TPSA) is 29.5 Å². The van der Waals surface area contributed by atoms with E-state index in [2.05, 4.69) is 0 Å². The number of hydrogen-bond acceptors (Lipinski definition) is 3. The van der Waals surface area contributed by atoms with Crippen molar-refractivity contribution in [3.05, 3.63) is 30.3 Å². The molecule has 1 aromatic carbocycles. The number of carbonyl (C=O) groups excluding carboxylic acids is 1. The fraction of sp³-hybridized carbons (Fsp3) is 0.562.